The highest BCUT2D eigenvalue weighted by atomic mass is 16.5. The molecule has 8 heteroatoms. The molecule has 0 bridgehead atoms. The predicted octanol–water partition coefficient (Wildman–Crippen LogP) is 1.22. The number of nitrogens with zero attached hydrogens (tertiary/aromatic N) is 5. The fourth-order valence-electron chi connectivity index (χ4n) is 3.61. The van der Waals surface area contributed by atoms with Crippen LogP contribution in [0.5, 0.6) is 5.88 Å². The number of methoxy groups -OCH3 is 1. The van der Waals surface area contributed by atoms with Crippen molar-refractivity contribution in [1.29, 1.82) is 0 Å². The number of amides is 2. The van der Waals surface area contributed by atoms with E-state index in [0.29, 0.717) is 43.3 Å². The molecule has 0 atom stereocenters. The number of hydrogen-bond acceptors (Lipinski definition) is 5. The van der Waals surface area contributed by atoms with Gasteiger partial charge in [-0.05, 0) is 31.4 Å². The van der Waals surface area contributed by atoms with Crippen LogP contribution in [0.3, 0.4) is 0 Å². The molecule has 8 nitrogen and oxygen atoms in total. The van der Waals surface area contributed by atoms with E-state index in [2.05, 4.69) is 10.1 Å². The lowest BCUT2D eigenvalue weighted by molar-refractivity contribution is 0.0531. The van der Waals surface area contributed by atoms with Crippen molar-refractivity contribution in [2.75, 3.05) is 33.3 Å². The van der Waals surface area contributed by atoms with E-state index in [4.69, 9.17) is 4.74 Å². The summed E-state index contributed by atoms with van der Waals surface area (Å²) in [7, 11) is 1.54. The first kappa shape index (κ1) is 17.5. The van der Waals surface area contributed by atoms with E-state index in [9.17, 15) is 9.59 Å². The van der Waals surface area contributed by atoms with Crippen molar-refractivity contribution in [3.8, 4) is 5.88 Å². The third kappa shape index (κ3) is 3.51. The van der Waals surface area contributed by atoms with Crippen LogP contribution in [-0.2, 0) is 13.0 Å². The highest BCUT2D eigenvalue weighted by molar-refractivity contribution is 5.95. The number of carbonyl (C=O) groups excluding carboxylic acids is 2. The third-order valence-corrected chi connectivity index (χ3v) is 5.18. The molecule has 2 amide bonds. The molecule has 0 radical (unpaired) electrons. The molecule has 0 unspecified atom stereocenters. The second-order valence-electron chi connectivity index (χ2n) is 6.87. The zero-order chi connectivity index (χ0) is 18.8. The van der Waals surface area contributed by atoms with Crippen LogP contribution >= 0.6 is 0 Å². The Bertz CT molecular complexity index is 814. The predicted molar refractivity (Wildman–Crippen MR) is 97.8 cm³/mol. The third-order valence-electron chi connectivity index (χ3n) is 5.18. The number of aromatic nitrogens is 3. The van der Waals surface area contributed by atoms with Gasteiger partial charge in [-0.25, -0.2) is 4.98 Å². The smallest absolute Gasteiger partial charge is 0.274 e. The maximum absolute atomic E-state index is 12.8. The van der Waals surface area contributed by atoms with E-state index in [1.807, 2.05) is 10.7 Å². The van der Waals surface area contributed by atoms with Crippen LogP contribution in [0, 0.1) is 0 Å². The summed E-state index contributed by atoms with van der Waals surface area (Å²) >= 11 is 0. The lowest BCUT2D eigenvalue weighted by Gasteiger charge is -2.34. The molecule has 4 heterocycles. The number of rotatable bonds is 3. The van der Waals surface area contributed by atoms with Gasteiger partial charge in [-0.2, -0.15) is 5.10 Å². The molecular weight excluding hydrogens is 346 g/mol. The second kappa shape index (κ2) is 7.38. The van der Waals surface area contributed by atoms with Crippen molar-refractivity contribution in [1.82, 2.24) is 24.6 Å². The molecule has 27 heavy (non-hydrogen) atoms. The first-order chi connectivity index (χ1) is 13.2. The molecule has 2 aromatic heterocycles. The fourth-order valence-corrected chi connectivity index (χ4v) is 3.61. The van der Waals surface area contributed by atoms with Crippen molar-refractivity contribution in [3.05, 3.63) is 41.3 Å². The Morgan fingerprint density at radius 1 is 1.00 bits per heavy atom. The molecule has 2 aliphatic heterocycles. The zero-order valence-corrected chi connectivity index (χ0v) is 15.4. The van der Waals surface area contributed by atoms with Gasteiger partial charge in [-0.3, -0.25) is 14.3 Å². The van der Waals surface area contributed by atoms with Gasteiger partial charge < -0.3 is 14.5 Å². The lowest BCUT2D eigenvalue weighted by Crippen LogP contribution is -2.50. The molecule has 0 aromatic carbocycles. The second-order valence-corrected chi connectivity index (χ2v) is 6.87. The van der Waals surface area contributed by atoms with Crippen molar-refractivity contribution in [2.45, 2.75) is 25.8 Å². The normalized spacial score (nSPS) is 16.8. The van der Waals surface area contributed by atoms with Gasteiger partial charge in [-0.1, -0.05) is 0 Å². The minimum absolute atomic E-state index is 0.0462. The van der Waals surface area contributed by atoms with Gasteiger partial charge >= 0.3 is 0 Å². The average Bonchev–Trinajstić information content (AvgIpc) is 3.17. The Kier molecular flexibility index (Phi) is 4.79. The molecule has 0 N–H and O–H groups in total. The van der Waals surface area contributed by atoms with Crippen LogP contribution in [0.25, 0.3) is 0 Å². The molecule has 1 fully saturated rings. The fraction of sp³-hybridized carbons (Fsp3) is 0.474. The van der Waals surface area contributed by atoms with Crippen LogP contribution in [-0.4, -0.2) is 69.7 Å². The van der Waals surface area contributed by atoms with E-state index < -0.39 is 0 Å². The molecule has 0 saturated carbocycles. The first-order valence-corrected chi connectivity index (χ1v) is 9.31. The van der Waals surface area contributed by atoms with Crippen LogP contribution in [0.4, 0.5) is 0 Å². The number of carbonyl (C=O) groups is 2. The van der Waals surface area contributed by atoms with Crippen molar-refractivity contribution < 1.29 is 14.3 Å². The van der Waals surface area contributed by atoms with E-state index in [-0.39, 0.29) is 11.8 Å². The Hall–Kier alpha value is -2.90. The Morgan fingerprint density at radius 2 is 1.74 bits per heavy atom. The molecule has 2 aliphatic rings. The summed E-state index contributed by atoms with van der Waals surface area (Å²) in [6.07, 6.45) is 4.77. The van der Waals surface area contributed by atoms with Crippen molar-refractivity contribution in [3.63, 3.8) is 0 Å². The number of pyridine rings is 1. The molecule has 0 aliphatic carbocycles. The summed E-state index contributed by atoms with van der Waals surface area (Å²) in [5, 5.41) is 4.47. The SMILES string of the molecule is COc1ccc(C(=O)N2CCN(C(=O)c3cc4n(n3)CCCC4)CC2)cn1. The minimum Gasteiger partial charge on any atom is -0.481 e. The maximum atomic E-state index is 12.8. The van der Waals surface area contributed by atoms with Crippen LogP contribution in [0.15, 0.2) is 24.4 Å². The van der Waals surface area contributed by atoms with E-state index in [0.717, 1.165) is 31.5 Å². The summed E-state index contributed by atoms with van der Waals surface area (Å²) in [6.45, 7) is 2.92. The van der Waals surface area contributed by atoms with Gasteiger partial charge in [-0.15, -0.1) is 0 Å². The summed E-state index contributed by atoms with van der Waals surface area (Å²) in [5.41, 5.74) is 2.19. The Balaban J connectivity index is 1.37. The summed E-state index contributed by atoms with van der Waals surface area (Å²) in [6, 6.07) is 5.30. The molecule has 1 saturated heterocycles. The van der Waals surface area contributed by atoms with E-state index in [1.165, 1.54) is 13.3 Å². The maximum Gasteiger partial charge on any atom is 0.274 e. The minimum atomic E-state index is -0.0743. The summed E-state index contributed by atoms with van der Waals surface area (Å²) in [4.78, 5) is 33.0. The highest BCUT2D eigenvalue weighted by Gasteiger charge is 2.27. The van der Waals surface area contributed by atoms with Gasteiger partial charge in [0.25, 0.3) is 11.8 Å². The Morgan fingerprint density at radius 3 is 2.37 bits per heavy atom. The standard InChI is InChI=1S/C19H23N5O3/c1-27-17-6-5-14(13-20-17)18(25)22-8-10-23(11-9-22)19(26)16-12-15-4-2-3-7-24(15)21-16/h5-6,12-13H,2-4,7-11H2,1H3. The van der Waals surface area contributed by atoms with Gasteiger partial charge in [0.05, 0.1) is 12.7 Å². The number of aryl methyl sites for hydroxylation is 2. The number of fused-ring (bicyclic) bond motifs is 1. The Labute approximate surface area is 157 Å². The average molecular weight is 369 g/mol. The largest absolute Gasteiger partial charge is 0.481 e. The van der Waals surface area contributed by atoms with Crippen LogP contribution in [0.2, 0.25) is 0 Å². The monoisotopic (exact) mass is 369 g/mol. The van der Waals surface area contributed by atoms with Crippen molar-refractivity contribution >= 4 is 11.8 Å². The molecule has 142 valence electrons. The topological polar surface area (TPSA) is 80.6 Å². The number of piperazine rings is 1. The molecule has 0 spiro atoms. The van der Waals surface area contributed by atoms with Crippen LogP contribution in [0.1, 0.15) is 39.4 Å². The number of ether oxygens (including phenoxy) is 1. The lowest BCUT2D eigenvalue weighted by atomic mass is 10.1. The zero-order valence-electron chi connectivity index (χ0n) is 15.4. The molecular formula is C19H23N5O3. The molecule has 2 aromatic rings. The van der Waals surface area contributed by atoms with E-state index >= 15 is 0 Å². The van der Waals surface area contributed by atoms with Gasteiger partial charge in [0.1, 0.15) is 0 Å². The summed E-state index contributed by atoms with van der Waals surface area (Å²) in [5.74, 6) is 0.356. The highest BCUT2D eigenvalue weighted by Crippen LogP contribution is 2.17. The van der Waals surface area contributed by atoms with Crippen LogP contribution < -0.4 is 4.74 Å². The van der Waals surface area contributed by atoms with Gasteiger partial charge in [0.15, 0.2) is 5.69 Å². The van der Waals surface area contributed by atoms with Gasteiger partial charge in [0.2, 0.25) is 5.88 Å². The molecule has 4 rings (SSSR count). The number of hydrogen-bond donors (Lipinski definition) is 0. The van der Waals surface area contributed by atoms with Gasteiger partial charge in [0, 0.05) is 50.7 Å². The quantitative estimate of drug-likeness (QED) is 0.813. The summed E-state index contributed by atoms with van der Waals surface area (Å²) < 4.78 is 6.97. The van der Waals surface area contributed by atoms with Crippen molar-refractivity contribution in [2.24, 2.45) is 0 Å². The van der Waals surface area contributed by atoms with E-state index in [1.54, 1.807) is 21.9 Å². The first-order valence-electron chi connectivity index (χ1n) is 9.31.